The molecule has 0 spiro atoms. The van der Waals surface area contributed by atoms with Crippen LogP contribution in [0.1, 0.15) is 48.8 Å². The Bertz CT molecular complexity index is 718. The van der Waals surface area contributed by atoms with Gasteiger partial charge in [0, 0.05) is 18.5 Å². The fourth-order valence-corrected chi connectivity index (χ4v) is 3.73. The van der Waals surface area contributed by atoms with Crippen LogP contribution in [-0.2, 0) is 4.74 Å². The number of carboxylic acid groups (broad SMARTS) is 1. The van der Waals surface area contributed by atoms with Crippen LogP contribution in [0.25, 0.3) is 0 Å². The molecule has 0 radical (unpaired) electrons. The van der Waals surface area contributed by atoms with E-state index in [1.165, 1.54) is 24.2 Å². The van der Waals surface area contributed by atoms with Crippen LogP contribution in [0.15, 0.2) is 17.8 Å². The standard InChI is InChI=1S/C16H20N4O3S/c21-15(22)13-10-24-16(18-13)19(8-11-4-5-11)12-7-17-20(9-12)14-3-1-2-6-23-14/h7,9-11,14H,1-6,8H2,(H,21,22). The number of rotatable bonds is 6. The fraction of sp³-hybridized carbons (Fsp3) is 0.562. The second kappa shape index (κ2) is 6.52. The van der Waals surface area contributed by atoms with Crippen molar-refractivity contribution >= 4 is 28.1 Å². The van der Waals surface area contributed by atoms with Crippen molar-refractivity contribution in [3.8, 4) is 0 Å². The van der Waals surface area contributed by atoms with Crippen molar-refractivity contribution in [3.63, 3.8) is 0 Å². The van der Waals surface area contributed by atoms with Gasteiger partial charge in [-0.3, -0.25) is 0 Å². The first kappa shape index (κ1) is 15.6. The lowest BCUT2D eigenvalue weighted by Gasteiger charge is -2.23. The van der Waals surface area contributed by atoms with Gasteiger partial charge in [0.2, 0.25) is 0 Å². The lowest BCUT2D eigenvalue weighted by molar-refractivity contribution is -0.0394. The summed E-state index contributed by atoms with van der Waals surface area (Å²) in [5.74, 6) is -0.341. The second-order valence-corrected chi connectivity index (χ2v) is 7.21. The summed E-state index contributed by atoms with van der Waals surface area (Å²) in [6.45, 7) is 1.63. The number of carbonyl (C=O) groups is 1. The molecule has 0 aromatic carbocycles. The molecule has 0 bridgehead atoms. The Hall–Kier alpha value is -1.93. The summed E-state index contributed by atoms with van der Waals surface area (Å²) in [4.78, 5) is 17.5. The maximum atomic E-state index is 11.1. The molecule has 3 heterocycles. The van der Waals surface area contributed by atoms with E-state index in [-0.39, 0.29) is 11.9 Å². The molecule has 7 nitrogen and oxygen atoms in total. The maximum Gasteiger partial charge on any atom is 0.355 e. The minimum absolute atomic E-state index is 0.00107. The van der Waals surface area contributed by atoms with E-state index in [4.69, 9.17) is 9.84 Å². The van der Waals surface area contributed by atoms with Gasteiger partial charge in [-0.05, 0) is 38.0 Å². The largest absolute Gasteiger partial charge is 0.476 e. The number of aromatic nitrogens is 3. The van der Waals surface area contributed by atoms with Crippen molar-refractivity contribution < 1.29 is 14.6 Å². The highest BCUT2D eigenvalue weighted by atomic mass is 32.1. The molecule has 1 saturated heterocycles. The quantitative estimate of drug-likeness (QED) is 0.863. The molecule has 2 aromatic heterocycles. The van der Waals surface area contributed by atoms with Crippen molar-refractivity contribution in [3.05, 3.63) is 23.5 Å². The number of carboxylic acids is 1. The van der Waals surface area contributed by atoms with Crippen molar-refractivity contribution in [1.82, 2.24) is 14.8 Å². The average Bonchev–Trinajstić information content (AvgIpc) is 3.10. The van der Waals surface area contributed by atoms with Gasteiger partial charge in [0.1, 0.15) is 6.23 Å². The summed E-state index contributed by atoms with van der Waals surface area (Å²) in [5, 5.41) is 15.9. The van der Waals surface area contributed by atoms with E-state index in [2.05, 4.69) is 15.0 Å². The topological polar surface area (TPSA) is 80.5 Å². The smallest absolute Gasteiger partial charge is 0.355 e. The minimum Gasteiger partial charge on any atom is -0.476 e. The molecule has 1 atom stereocenters. The average molecular weight is 348 g/mol. The van der Waals surface area contributed by atoms with E-state index in [1.54, 1.807) is 5.38 Å². The highest BCUT2D eigenvalue weighted by Gasteiger charge is 2.28. The molecule has 24 heavy (non-hydrogen) atoms. The molecule has 1 aliphatic carbocycles. The first-order valence-electron chi connectivity index (χ1n) is 8.33. The van der Waals surface area contributed by atoms with Crippen LogP contribution in [0.2, 0.25) is 0 Å². The van der Waals surface area contributed by atoms with Crippen LogP contribution in [0.3, 0.4) is 0 Å². The lowest BCUT2D eigenvalue weighted by atomic mass is 10.2. The molecule has 2 aromatic rings. The molecule has 8 heteroatoms. The summed E-state index contributed by atoms with van der Waals surface area (Å²) < 4.78 is 7.66. The zero-order chi connectivity index (χ0) is 16.5. The van der Waals surface area contributed by atoms with E-state index < -0.39 is 5.97 Å². The lowest BCUT2D eigenvalue weighted by Crippen LogP contribution is -2.20. The molecule has 1 saturated carbocycles. The summed E-state index contributed by atoms with van der Waals surface area (Å²) in [6, 6.07) is 0. The molecule has 1 N–H and O–H groups in total. The molecule has 1 unspecified atom stereocenters. The molecular weight excluding hydrogens is 328 g/mol. The van der Waals surface area contributed by atoms with Crippen molar-refractivity contribution in [2.24, 2.45) is 5.92 Å². The van der Waals surface area contributed by atoms with Crippen molar-refractivity contribution in [2.75, 3.05) is 18.1 Å². The molecule has 1 aliphatic heterocycles. The van der Waals surface area contributed by atoms with E-state index in [1.807, 2.05) is 17.1 Å². The summed E-state index contributed by atoms with van der Waals surface area (Å²) in [5.41, 5.74) is 1.04. The van der Waals surface area contributed by atoms with Gasteiger partial charge >= 0.3 is 5.97 Å². The monoisotopic (exact) mass is 348 g/mol. The van der Waals surface area contributed by atoms with Gasteiger partial charge in [0.15, 0.2) is 10.8 Å². The van der Waals surface area contributed by atoms with E-state index in [9.17, 15) is 4.79 Å². The Kier molecular flexibility index (Phi) is 4.24. The molecule has 128 valence electrons. The van der Waals surface area contributed by atoms with Crippen LogP contribution in [0.5, 0.6) is 0 Å². The number of aromatic carboxylic acids is 1. The molecule has 2 fully saturated rings. The van der Waals surface area contributed by atoms with Crippen LogP contribution < -0.4 is 4.90 Å². The minimum atomic E-state index is -0.991. The Morgan fingerprint density at radius 1 is 1.42 bits per heavy atom. The van der Waals surface area contributed by atoms with Gasteiger partial charge in [-0.2, -0.15) is 5.10 Å². The van der Waals surface area contributed by atoms with Crippen LogP contribution in [0.4, 0.5) is 10.8 Å². The third kappa shape index (κ3) is 3.29. The second-order valence-electron chi connectivity index (χ2n) is 6.37. The normalized spacial score (nSPS) is 20.9. The number of thiazole rings is 1. The zero-order valence-electron chi connectivity index (χ0n) is 13.3. The summed E-state index contributed by atoms with van der Waals surface area (Å²) in [7, 11) is 0. The zero-order valence-corrected chi connectivity index (χ0v) is 14.1. The van der Waals surface area contributed by atoms with Crippen LogP contribution in [-0.4, -0.2) is 39.0 Å². The first-order chi connectivity index (χ1) is 11.7. The van der Waals surface area contributed by atoms with Crippen LogP contribution >= 0.6 is 11.3 Å². The predicted molar refractivity (Wildman–Crippen MR) is 89.9 cm³/mol. The third-order valence-electron chi connectivity index (χ3n) is 4.43. The highest BCUT2D eigenvalue weighted by Crippen LogP contribution is 2.36. The van der Waals surface area contributed by atoms with Gasteiger partial charge < -0.3 is 14.7 Å². The Labute approximate surface area is 143 Å². The molecular formula is C16H20N4O3S. The van der Waals surface area contributed by atoms with Gasteiger partial charge in [-0.15, -0.1) is 11.3 Å². The van der Waals surface area contributed by atoms with Gasteiger partial charge in [-0.25, -0.2) is 14.5 Å². The maximum absolute atomic E-state index is 11.1. The van der Waals surface area contributed by atoms with Gasteiger partial charge in [-0.1, -0.05) is 0 Å². The van der Waals surface area contributed by atoms with Gasteiger partial charge in [0.05, 0.1) is 18.1 Å². The third-order valence-corrected chi connectivity index (χ3v) is 5.29. The first-order valence-corrected chi connectivity index (χ1v) is 9.21. The fourth-order valence-electron chi connectivity index (χ4n) is 2.90. The van der Waals surface area contributed by atoms with E-state index in [0.29, 0.717) is 11.0 Å². The van der Waals surface area contributed by atoms with E-state index in [0.717, 1.165) is 38.1 Å². The SMILES string of the molecule is O=C(O)c1csc(N(CC2CC2)c2cnn(C3CCCCO3)c2)n1. The van der Waals surface area contributed by atoms with Gasteiger partial charge in [0.25, 0.3) is 0 Å². The number of ether oxygens (including phenoxy) is 1. The molecule has 0 amide bonds. The van der Waals surface area contributed by atoms with Crippen LogP contribution in [0, 0.1) is 5.92 Å². The Morgan fingerprint density at radius 3 is 2.96 bits per heavy atom. The molecule has 4 rings (SSSR count). The van der Waals surface area contributed by atoms with E-state index >= 15 is 0 Å². The van der Waals surface area contributed by atoms with Crippen molar-refractivity contribution in [1.29, 1.82) is 0 Å². The van der Waals surface area contributed by atoms with Crippen molar-refractivity contribution in [2.45, 2.75) is 38.3 Å². The molecule has 2 aliphatic rings. The Morgan fingerprint density at radius 2 is 2.29 bits per heavy atom. The predicted octanol–water partition coefficient (Wildman–Crippen LogP) is 3.29. The number of anilines is 2. The number of hydrogen-bond donors (Lipinski definition) is 1. The Balaban J connectivity index is 1.58. The highest BCUT2D eigenvalue weighted by molar-refractivity contribution is 7.14. The number of nitrogens with zero attached hydrogens (tertiary/aromatic N) is 4. The summed E-state index contributed by atoms with van der Waals surface area (Å²) >= 11 is 1.36. The number of hydrogen-bond acceptors (Lipinski definition) is 6. The summed E-state index contributed by atoms with van der Waals surface area (Å²) in [6.07, 6.45) is 9.48.